The van der Waals surface area contributed by atoms with E-state index >= 15 is 0 Å². The molecule has 0 atom stereocenters. The van der Waals surface area contributed by atoms with Gasteiger partial charge >= 0.3 is 0 Å². The number of carbonyl (C=O) groups is 1. The summed E-state index contributed by atoms with van der Waals surface area (Å²) in [5.41, 5.74) is -0.0464. The lowest BCUT2D eigenvalue weighted by Crippen LogP contribution is -2.32. The molecule has 1 amide bonds. The largest absolute Gasteiger partial charge is 0.325 e. The molecule has 24 heavy (non-hydrogen) atoms. The number of rotatable bonds is 6. The summed E-state index contributed by atoms with van der Waals surface area (Å²) in [7, 11) is -3.97. The van der Waals surface area contributed by atoms with Crippen LogP contribution in [0.4, 0.5) is 15.8 Å². The zero-order valence-corrected chi connectivity index (χ0v) is 12.9. The maximum absolute atomic E-state index is 12.8. The molecule has 0 fully saturated rings. The molecule has 0 bridgehead atoms. The maximum atomic E-state index is 12.8. The molecule has 0 saturated heterocycles. The minimum atomic E-state index is -3.97. The predicted octanol–water partition coefficient (Wildman–Crippen LogP) is 1.65. The number of nitrogens with zero attached hydrogens (tertiary/aromatic N) is 1. The molecular formula is C14H12FN3O5S. The number of nitro benzene ring substituents is 1. The van der Waals surface area contributed by atoms with Crippen LogP contribution >= 0.6 is 0 Å². The van der Waals surface area contributed by atoms with Crippen LogP contribution in [0.5, 0.6) is 0 Å². The van der Waals surface area contributed by atoms with Crippen LogP contribution in [0.3, 0.4) is 0 Å². The number of halogens is 1. The summed E-state index contributed by atoms with van der Waals surface area (Å²) in [6.07, 6.45) is 0. The molecule has 0 aromatic heterocycles. The van der Waals surface area contributed by atoms with Crippen molar-refractivity contribution in [1.82, 2.24) is 4.72 Å². The Morgan fingerprint density at radius 1 is 1.17 bits per heavy atom. The van der Waals surface area contributed by atoms with Gasteiger partial charge < -0.3 is 5.32 Å². The van der Waals surface area contributed by atoms with E-state index in [2.05, 4.69) is 10.0 Å². The van der Waals surface area contributed by atoms with Crippen LogP contribution < -0.4 is 10.0 Å². The van der Waals surface area contributed by atoms with Crippen LogP contribution in [0.2, 0.25) is 0 Å². The van der Waals surface area contributed by atoms with Crippen molar-refractivity contribution in [1.29, 1.82) is 0 Å². The Balaban J connectivity index is 1.99. The number of hydrogen-bond donors (Lipinski definition) is 2. The van der Waals surface area contributed by atoms with Crippen molar-refractivity contribution in [2.24, 2.45) is 0 Å². The van der Waals surface area contributed by atoms with Gasteiger partial charge in [0, 0.05) is 17.8 Å². The summed E-state index contributed by atoms with van der Waals surface area (Å²) in [6, 6.07) is 9.32. The molecule has 0 aliphatic rings. The number of carbonyl (C=O) groups excluding carboxylic acids is 1. The minimum Gasteiger partial charge on any atom is -0.325 e. The Labute approximate surface area is 136 Å². The minimum absolute atomic E-state index is 0.162. The lowest BCUT2D eigenvalue weighted by molar-refractivity contribution is -0.384. The van der Waals surface area contributed by atoms with E-state index in [0.717, 1.165) is 30.3 Å². The number of anilines is 1. The monoisotopic (exact) mass is 353 g/mol. The van der Waals surface area contributed by atoms with Gasteiger partial charge in [0.2, 0.25) is 15.9 Å². The van der Waals surface area contributed by atoms with Gasteiger partial charge in [0.1, 0.15) is 5.82 Å². The smallest absolute Gasteiger partial charge is 0.271 e. The zero-order chi connectivity index (χ0) is 17.7. The standard InChI is InChI=1S/C14H12FN3O5S/c15-10-4-6-13(7-5-10)24(22,23)16-9-14(19)17-11-2-1-3-12(8-11)18(20)21/h1-8,16H,9H2,(H,17,19). The molecule has 0 unspecified atom stereocenters. The van der Waals surface area contributed by atoms with Gasteiger partial charge in [0.05, 0.1) is 16.4 Å². The van der Waals surface area contributed by atoms with E-state index in [-0.39, 0.29) is 16.3 Å². The Morgan fingerprint density at radius 2 is 1.83 bits per heavy atom. The third-order valence-corrected chi connectivity index (χ3v) is 4.30. The summed E-state index contributed by atoms with van der Waals surface area (Å²) in [5, 5.41) is 13.0. The van der Waals surface area contributed by atoms with Crippen molar-refractivity contribution in [3.8, 4) is 0 Å². The third kappa shape index (κ3) is 4.57. The van der Waals surface area contributed by atoms with Gasteiger partial charge in [-0.25, -0.2) is 17.5 Å². The summed E-state index contributed by atoms with van der Waals surface area (Å²) in [4.78, 5) is 21.6. The second-order valence-electron chi connectivity index (χ2n) is 4.63. The van der Waals surface area contributed by atoms with Crippen molar-refractivity contribution in [3.05, 3.63) is 64.5 Å². The molecule has 2 aromatic carbocycles. The van der Waals surface area contributed by atoms with E-state index < -0.39 is 33.2 Å². The molecule has 2 rings (SSSR count). The molecule has 10 heteroatoms. The van der Waals surface area contributed by atoms with Gasteiger partial charge in [-0.2, -0.15) is 0 Å². The first kappa shape index (κ1) is 17.5. The first-order valence-corrected chi connectivity index (χ1v) is 8.06. The zero-order valence-electron chi connectivity index (χ0n) is 12.1. The first-order chi connectivity index (χ1) is 11.3. The molecule has 2 N–H and O–H groups in total. The van der Waals surface area contributed by atoms with Gasteiger partial charge in [0.25, 0.3) is 5.69 Å². The molecule has 8 nitrogen and oxygen atoms in total. The molecule has 0 aliphatic carbocycles. The normalized spacial score (nSPS) is 11.0. The second-order valence-corrected chi connectivity index (χ2v) is 6.40. The van der Waals surface area contributed by atoms with E-state index in [9.17, 15) is 27.7 Å². The Kier molecular flexibility index (Phi) is 5.21. The van der Waals surface area contributed by atoms with Crippen LogP contribution in [0.1, 0.15) is 0 Å². The Morgan fingerprint density at radius 3 is 2.46 bits per heavy atom. The summed E-state index contributed by atoms with van der Waals surface area (Å²) in [6.45, 7) is -0.581. The van der Waals surface area contributed by atoms with E-state index in [1.165, 1.54) is 18.2 Å². The molecular weight excluding hydrogens is 341 g/mol. The fourth-order valence-electron chi connectivity index (χ4n) is 1.76. The number of nitro groups is 1. The number of amides is 1. The van der Waals surface area contributed by atoms with E-state index in [1.807, 2.05) is 0 Å². The highest BCUT2D eigenvalue weighted by atomic mass is 32.2. The van der Waals surface area contributed by atoms with Crippen molar-refractivity contribution in [2.75, 3.05) is 11.9 Å². The van der Waals surface area contributed by atoms with Crippen molar-refractivity contribution in [2.45, 2.75) is 4.90 Å². The highest BCUT2D eigenvalue weighted by Crippen LogP contribution is 2.16. The van der Waals surface area contributed by atoms with Crippen molar-refractivity contribution < 1.29 is 22.5 Å². The molecule has 0 aliphatic heterocycles. The van der Waals surface area contributed by atoms with Gasteiger partial charge in [-0.3, -0.25) is 14.9 Å². The lowest BCUT2D eigenvalue weighted by atomic mass is 10.3. The summed E-state index contributed by atoms with van der Waals surface area (Å²) in [5.74, 6) is -1.29. The van der Waals surface area contributed by atoms with Gasteiger partial charge in [-0.15, -0.1) is 0 Å². The maximum Gasteiger partial charge on any atom is 0.271 e. The molecule has 126 valence electrons. The number of nitrogens with one attached hydrogen (secondary N) is 2. The summed E-state index contributed by atoms with van der Waals surface area (Å²) < 4.78 is 38.7. The quantitative estimate of drug-likeness (QED) is 0.605. The summed E-state index contributed by atoms with van der Waals surface area (Å²) >= 11 is 0. The fraction of sp³-hybridized carbons (Fsp3) is 0.0714. The highest BCUT2D eigenvalue weighted by Gasteiger charge is 2.16. The fourth-order valence-corrected chi connectivity index (χ4v) is 2.74. The van der Waals surface area contributed by atoms with Gasteiger partial charge in [-0.05, 0) is 30.3 Å². The number of benzene rings is 2. The van der Waals surface area contributed by atoms with Crippen molar-refractivity contribution in [3.63, 3.8) is 0 Å². The van der Waals surface area contributed by atoms with E-state index in [0.29, 0.717) is 0 Å². The number of sulfonamides is 1. The van der Waals surface area contributed by atoms with Crippen LogP contribution in [-0.2, 0) is 14.8 Å². The lowest BCUT2D eigenvalue weighted by Gasteiger charge is -2.08. The number of non-ortho nitro benzene ring substituents is 1. The van der Waals surface area contributed by atoms with E-state index in [4.69, 9.17) is 0 Å². The SMILES string of the molecule is O=C(CNS(=O)(=O)c1ccc(F)cc1)Nc1cccc([N+](=O)[O-])c1. The van der Waals surface area contributed by atoms with Gasteiger partial charge in [-0.1, -0.05) is 6.07 Å². The second kappa shape index (κ2) is 7.15. The predicted molar refractivity (Wildman–Crippen MR) is 83.3 cm³/mol. The first-order valence-electron chi connectivity index (χ1n) is 6.57. The van der Waals surface area contributed by atoms with Crippen LogP contribution in [0, 0.1) is 15.9 Å². The van der Waals surface area contributed by atoms with Crippen LogP contribution in [0.25, 0.3) is 0 Å². The van der Waals surface area contributed by atoms with Crippen LogP contribution in [-0.4, -0.2) is 25.8 Å². The number of hydrogen-bond acceptors (Lipinski definition) is 5. The Hall–Kier alpha value is -2.85. The highest BCUT2D eigenvalue weighted by molar-refractivity contribution is 7.89. The topological polar surface area (TPSA) is 118 Å². The van der Waals surface area contributed by atoms with E-state index in [1.54, 1.807) is 0 Å². The average Bonchev–Trinajstić information content (AvgIpc) is 2.54. The van der Waals surface area contributed by atoms with Crippen LogP contribution in [0.15, 0.2) is 53.4 Å². The third-order valence-electron chi connectivity index (χ3n) is 2.89. The molecule has 0 radical (unpaired) electrons. The average molecular weight is 353 g/mol. The van der Waals surface area contributed by atoms with Gasteiger partial charge in [0.15, 0.2) is 0 Å². The molecule has 2 aromatic rings. The van der Waals surface area contributed by atoms with Crippen molar-refractivity contribution >= 4 is 27.3 Å². The molecule has 0 spiro atoms. The Bertz CT molecular complexity index is 868. The molecule has 0 heterocycles. The molecule has 0 saturated carbocycles.